The lowest BCUT2D eigenvalue weighted by Gasteiger charge is -2.13. The van der Waals surface area contributed by atoms with Gasteiger partial charge in [0.1, 0.15) is 0 Å². The summed E-state index contributed by atoms with van der Waals surface area (Å²) in [5.41, 5.74) is 0.0268. The molecule has 0 saturated carbocycles. The largest absolute Gasteiger partial charge is 0.488 e. The fraction of sp³-hybridized carbons (Fsp3) is 0.455. The van der Waals surface area contributed by atoms with Gasteiger partial charge in [-0.1, -0.05) is 33.8 Å². The lowest BCUT2D eigenvalue weighted by atomic mass is 9.74. The molecule has 0 bridgehead atoms. The minimum Gasteiger partial charge on any atom is -0.423 e. The number of benzene rings is 1. The second-order valence-corrected chi connectivity index (χ2v) is 3.39. The van der Waals surface area contributed by atoms with Crippen molar-refractivity contribution >= 4 is 12.6 Å². The quantitative estimate of drug-likeness (QED) is 0.760. The Morgan fingerprint density at radius 3 is 2.00 bits per heavy atom. The smallest absolute Gasteiger partial charge is 0.423 e. The van der Waals surface area contributed by atoms with Crippen LogP contribution in [-0.4, -0.2) is 17.2 Å². The van der Waals surface area contributed by atoms with Crippen molar-refractivity contribution in [1.29, 1.82) is 0 Å². The van der Waals surface area contributed by atoms with Gasteiger partial charge in [0.2, 0.25) is 0 Å². The molecule has 0 fully saturated rings. The highest BCUT2D eigenvalue weighted by atomic mass is 19.2. The van der Waals surface area contributed by atoms with Gasteiger partial charge in [-0.2, -0.15) is 0 Å². The molecular weight excluding hydrogens is 213 g/mol. The molecule has 0 radical (unpaired) electrons. The summed E-state index contributed by atoms with van der Waals surface area (Å²) in [6, 6.07) is 2.06. The van der Waals surface area contributed by atoms with Crippen LogP contribution in [0.4, 0.5) is 8.78 Å². The fourth-order valence-electron chi connectivity index (χ4n) is 1.39. The van der Waals surface area contributed by atoms with E-state index in [9.17, 15) is 8.78 Å². The lowest BCUT2D eigenvalue weighted by Crippen LogP contribution is -2.34. The third-order valence-corrected chi connectivity index (χ3v) is 2.02. The standard InChI is InChI=1S/C9H11BF2O2.C2H6/c1-5(2)8-6(10(13)14)3-4-7(11)9(8)12;1-2/h3-5,13-14H,1-2H3;1-2H3. The van der Waals surface area contributed by atoms with Crippen LogP contribution in [0, 0.1) is 11.6 Å². The van der Waals surface area contributed by atoms with Gasteiger partial charge in [-0.25, -0.2) is 8.78 Å². The predicted octanol–water partition coefficient (Wildman–Crippen LogP) is 1.79. The second kappa shape index (κ2) is 6.61. The molecule has 0 amide bonds. The number of hydrogen-bond acceptors (Lipinski definition) is 2. The summed E-state index contributed by atoms with van der Waals surface area (Å²) in [6.07, 6.45) is 0. The molecule has 5 heteroatoms. The van der Waals surface area contributed by atoms with Gasteiger partial charge in [0.15, 0.2) is 11.6 Å². The zero-order valence-electron chi connectivity index (χ0n) is 9.96. The summed E-state index contributed by atoms with van der Waals surface area (Å²) < 4.78 is 26.1. The van der Waals surface area contributed by atoms with Gasteiger partial charge in [-0.15, -0.1) is 0 Å². The third kappa shape index (κ3) is 3.28. The Balaban J connectivity index is 0.00000106. The maximum absolute atomic E-state index is 13.3. The molecular formula is C11H17BF2O2. The molecule has 90 valence electrons. The van der Waals surface area contributed by atoms with Gasteiger partial charge < -0.3 is 10.0 Å². The molecule has 2 N–H and O–H groups in total. The van der Waals surface area contributed by atoms with Crippen LogP contribution in [0.5, 0.6) is 0 Å². The number of halogens is 2. The normalized spacial score (nSPS) is 9.81. The Hall–Kier alpha value is -0.935. The van der Waals surface area contributed by atoms with Gasteiger partial charge in [0, 0.05) is 0 Å². The Bertz CT molecular complexity index is 341. The van der Waals surface area contributed by atoms with E-state index in [1.54, 1.807) is 13.8 Å². The first kappa shape index (κ1) is 15.1. The van der Waals surface area contributed by atoms with E-state index in [-0.39, 0.29) is 16.9 Å². The van der Waals surface area contributed by atoms with Crippen molar-refractivity contribution in [3.05, 3.63) is 29.3 Å². The van der Waals surface area contributed by atoms with E-state index in [2.05, 4.69) is 0 Å². The van der Waals surface area contributed by atoms with Crippen molar-refractivity contribution in [3.8, 4) is 0 Å². The van der Waals surface area contributed by atoms with Crippen LogP contribution >= 0.6 is 0 Å². The molecule has 0 spiro atoms. The molecule has 16 heavy (non-hydrogen) atoms. The van der Waals surface area contributed by atoms with Crippen LogP contribution in [0.2, 0.25) is 0 Å². The Morgan fingerprint density at radius 1 is 1.12 bits per heavy atom. The summed E-state index contributed by atoms with van der Waals surface area (Å²) in [5, 5.41) is 17.9. The molecule has 2 nitrogen and oxygen atoms in total. The molecule has 0 heterocycles. The summed E-state index contributed by atoms with van der Waals surface area (Å²) in [7, 11) is -1.78. The number of rotatable bonds is 2. The highest BCUT2D eigenvalue weighted by molar-refractivity contribution is 6.59. The maximum Gasteiger partial charge on any atom is 0.488 e. The first-order valence-electron chi connectivity index (χ1n) is 5.29. The predicted molar refractivity (Wildman–Crippen MR) is 61.6 cm³/mol. The molecule has 0 atom stereocenters. The van der Waals surface area contributed by atoms with E-state index in [4.69, 9.17) is 10.0 Å². The average molecular weight is 230 g/mol. The van der Waals surface area contributed by atoms with E-state index in [0.717, 1.165) is 6.07 Å². The lowest BCUT2D eigenvalue weighted by molar-refractivity contribution is 0.423. The highest BCUT2D eigenvalue weighted by Gasteiger charge is 2.23. The van der Waals surface area contributed by atoms with Gasteiger partial charge >= 0.3 is 7.12 Å². The van der Waals surface area contributed by atoms with Crippen molar-refractivity contribution in [3.63, 3.8) is 0 Å². The van der Waals surface area contributed by atoms with Crippen LogP contribution < -0.4 is 5.46 Å². The van der Waals surface area contributed by atoms with Gasteiger partial charge in [0.25, 0.3) is 0 Å². The van der Waals surface area contributed by atoms with E-state index in [0.29, 0.717) is 0 Å². The highest BCUT2D eigenvalue weighted by Crippen LogP contribution is 2.18. The third-order valence-electron chi connectivity index (χ3n) is 2.02. The molecule has 1 aromatic carbocycles. The van der Waals surface area contributed by atoms with Gasteiger partial charge in [-0.05, 0) is 23.0 Å². The van der Waals surface area contributed by atoms with Gasteiger partial charge in [0.05, 0.1) is 0 Å². The SMILES string of the molecule is CC.CC(C)c1c(B(O)O)ccc(F)c1F. The molecule has 0 unspecified atom stereocenters. The zero-order valence-corrected chi connectivity index (χ0v) is 9.96. The van der Waals surface area contributed by atoms with Crippen molar-refractivity contribution in [1.82, 2.24) is 0 Å². The fourth-order valence-corrected chi connectivity index (χ4v) is 1.39. The maximum atomic E-state index is 13.3. The van der Waals surface area contributed by atoms with E-state index in [1.165, 1.54) is 6.07 Å². The van der Waals surface area contributed by atoms with E-state index in [1.807, 2.05) is 13.8 Å². The molecule has 0 aromatic heterocycles. The molecule has 0 saturated heterocycles. The molecule has 0 aliphatic heterocycles. The van der Waals surface area contributed by atoms with Crippen LogP contribution in [0.15, 0.2) is 12.1 Å². The van der Waals surface area contributed by atoms with Crippen LogP contribution in [0.25, 0.3) is 0 Å². The summed E-state index contributed by atoms with van der Waals surface area (Å²) in [6.45, 7) is 7.31. The van der Waals surface area contributed by atoms with Crippen molar-refractivity contribution in [2.75, 3.05) is 0 Å². The second-order valence-electron chi connectivity index (χ2n) is 3.39. The molecule has 1 aromatic rings. The molecule has 1 rings (SSSR count). The molecule has 0 aliphatic rings. The summed E-state index contributed by atoms with van der Waals surface area (Å²) in [4.78, 5) is 0. The van der Waals surface area contributed by atoms with Crippen LogP contribution in [-0.2, 0) is 0 Å². The average Bonchev–Trinajstić information content (AvgIpc) is 2.23. The minimum absolute atomic E-state index is 0.0129. The Labute approximate surface area is 95.1 Å². The van der Waals surface area contributed by atoms with Crippen LogP contribution in [0.1, 0.15) is 39.2 Å². The monoisotopic (exact) mass is 230 g/mol. The Morgan fingerprint density at radius 2 is 1.62 bits per heavy atom. The van der Waals surface area contributed by atoms with Crippen LogP contribution in [0.3, 0.4) is 0 Å². The summed E-state index contributed by atoms with van der Waals surface area (Å²) >= 11 is 0. The minimum atomic E-state index is -1.78. The van der Waals surface area contributed by atoms with Crippen molar-refractivity contribution < 1.29 is 18.8 Å². The zero-order chi connectivity index (χ0) is 12.9. The van der Waals surface area contributed by atoms with Gasteiger partial charge in [-0.3, -0.25) is 0 Å². The van der Waals surface area contributed by atoms with E-state index < -0.39 is 18.8 Å². The first-order valence-corrected chi connectivity index (χ1v) is 5.29. The summed E-state index contributed by atoms with van der Waals surface area (Å²) in [5.74, 6) is -2.29. The van der Waals surface area contributed by atoms with Crippen molar-refractivity contribution in [2.24, 2.45) is 0 Å². The van der Waals surface area contributed by atoms with E-state index >= 15 is 0 Å². The topological polar surface area (TPSA) is 40.5 Å². The Kier molecular flexibility index (Phi) is 6.22. The van der Waals surface area contributed by atoms with Crippen molar-refractivity contribution in [2.45, 2.75) is 33.6 Å². The first-order chi connectivity index (χ1) is 7.45. The number of hydrogen-bond donors (Lipinski definition) is 2. The molecule has 0 aliphatic carbocycles.